The van der Waals surface area contributed by atoms with Crippen LogP contribution in [0.2, 0.25) is 0 Å². The highest BCUT2D eigenvalue weighted by Crippen LogP contribution is 2.27. The first-order chi connectivity index (χ1) is 9.63. The maximum atomic E-state index is 5.40. The fourth-order valence-corrected chi connectivity index (χ4v) is 3.02. The number of methoxy groups -OCH3 is 2. The van der Waals surface area contributed by atoms with Gasteiger partial charge < -0.3 is 14.8 Å². The van der Waals surface area contributed by atoms with Crippen LogP contribution < -0.4 is 14.8 Å². The van der Waals surface area contributed by atoms with Crippen LogP contribution in [0.3, 0.4) is 0 Å². The summed E-state index contributed by atoms with van der Waals surface area (Å²) >= 11 is 1.83. The van der Waals surface area contributed by atoms with Crippen LogP contribution in [0.4, 0.5) is 0 Å². The molecule has 1 aliphatic rings. The lowest BCUT2D eigenvalue weighted by Crippen LogP contribution is -2.20. The van der Waals surface area contributed by atoms with Gasteiger partial charge in [0, 0.05) is 23.4 Å². The summed E-state index contributed by atoms with van der Waals surface area (Å²) in [5.74, 6) is 2.29. The number of nitrogens with zero attached hydrogens (tertiary/aromatic N) is 1. The second kappa shape index (κ2) is 6.88. The van der Waals surface area contributed by atoms with Gasteiger partial charge in [-0.25, -0.2) is 0 Å². The van der Waals surface area contributed by atoms with Gasteiger partial charge in [-0.05, 0) is 18.1 Å². The van der Waals surface area contributed by atoms with Gasteiger partial charge in [0.25, 0.3) is 0 Å². The Hall–Kier alpha value is -1.36. The van der Waals surface area contributed by atoms with Crippen molar-refractivity contribution in [1.29, 1.82) is 0 Å². The van der Waals surface area contributed by atoms with E-state index in [9.17, 15) is 0 Å². The van der Waals surface area contributed by atoms with Gasteiger partial charge in [-0.15, -0.1) is 0 Å². The minimum absolute atomic E-state index is 0.593. The van der Waals surface area contributed by atoms with Crippen molar-refractivity contribution in [2.24, 2.45) is 10.9 Å². The standard InChI is InChI=1S/C15H22N2O2S/c1-10(2)14-9-17-15(20-14)16-8-11-5-6-12(18-3)7-13(11)19-4/h5-7,10,14H,8-9H2,1-4H3,(H,16,17). The number of hydrogen-bond acceptors (Lipinski definition) is 5. The molecule has 1 aromatic rings. The summed E-state index contributed by atoms with van der Waals surface area (Å²) in [6.45, 7) is 6.10. The maximum absolute atomic E-state index is 5.40. The van der Waals surface area contributed by atoms with E-state index in [1.165, 1.54) is 0 Å². The molecule has 0 saturated heterocycles. The number of ether oxygens (including phenoxy) is 2. The zero-order chi connectivity index (χ0) is 14.5. The molecule has 0 bridgehead atoms. The molecule has 1 aliphatic heterocycles. The Morgan fingerprint density at radius 2 is 2.15 bits per heavy atom. The highest BCUT2D eigenvalue weighted by Gasteiger charge is 2.22. The van der Waals surface area contributed by atoms with Gasteiger partial charge >= 0.3 is 0 Å². The molecule has 5 heteroatoms. The molecule has 0 saturated carbocycles. The van der Waals surface area contributed by atoms with Crippen LogP contribution in [-0.2, 0) is 6.54 Å². The zero-order valence-corrected chi connectivity index (χ0v) is 13.3. The molecule has 0 aromatic heterocycles. The van der Waals surface area contributed by atoms with Crippen molar-refractivity contribution in [2.75, 3.05) is 20.8 Å². The van der Waals surface area contributed by atoms with Crippen LogP contribution >= 0.6 is 11.8 Å². The van der Waals surface area contributed by atoms with Crippen molar-refractivity contribution in [3.8, 4) is 11.5 Å². The maximum Gasteiger partial charge on any atom is 0.157 e. The summed E-state index contributed by atoms with van der Waals surface area (Å²) in [5, 5.41) is 5.01. The molecule has 2 rings (SSSR count). The average molecular weight is 294 g/mol. The Balaban J connectivity index is 1.95. The van der Waals surface area contributed by atoms with Crippen LogP contribution in [0, 0.1) is 5.92 Å². The minimum atomic E-state index is 0.593. The first-order valence-corrected chi connectivity index (χ1v) is 7.68. The SMILES string of the molecule is COc1ccc(CNC2=NCC(C(C)C)S2)c(OC)c1. The topological polar surface area (TPSA) is 42.8 Å². The predicted octanol–water partition coefficient (Wildman–Crippen LogP) is 2.92. The number of rotatable bonds is 5. The molecule has 0 radical (unpaired) electrons. The van der Waals surface area contributed by atoms with Crippen molar-refractivity contribution in [2.45, 2.75) is 25.6 Å². The van der Waals surface area contributed by atoms with Crippen molar-refractivity contribution in [3.63, 3.8) is 0 Å². The van der Waals surface area contributed by atoms with Crippen molar-refractivity contribution < 1.29 is 9.47 Å². The van der Waals surface area contributed by atoms with E-state index in [0.29, 0.717) is 17.7 Å². The monoisotopic (exact) mass is 294 g/mol. The molecule has 4 nitrogen and oxygen atoms in total. The summed E-state index contributed by atoms with van der Waals surface area (Å²) in [4.78, 5) is 4.55. The van der Waals surface area contributed by atoms with Crippen LogP contribution in [0.15, 0.2) is 23.2 Å². The van der Waals surface area contributed by atoms with Crippen LogP contribution in [0.1, 0.15) is 19.4 Å². The quantitative estimate of drug-likeness (QED) is 0.907. The highest BCUT2D eigenvalue weighted by atomic mass is 32.2. The number of hydrogen-bond donors (Lipinski definition) is 1. The van der Waals surface area contributed by atoms with Crippen LogP contribution in [0.5, 0.6) is 11.5 Å². The normalized spacial score (nSPS) is 18.1. The third-order valence-corrected chi connectivity index (χ3v) is 4.84. The van der Waals surface area contributed by atoms with E-state index in [1.807, 2.05) is 30.0 Å². The van der Waals surface area contributed by atoms with Gasteiger partial charge in [0.2, 0.25) is 0 Å². The van der Waals surface area contributed by atoms with Gasteiger partial charge in [-0.1, -0.05) is 25.6 Å². The highest BCUT2D eigenvalue weighted by molar-refractivity contribution is 8.14. The Bertz CT molecular complexity index is 489. The lowest BCUT2D eigenvalue weighted by Gasteiger charge is -2.13. The van der Waals surface area contributed by atoms with E-state index in [4.69, 9.17) is 9.47 Å². The van der Waals surface area contributed by atoms with E-state index in [-0.39, 0.29) is 0 Å². The van der Waals surface area contributed by atoms with Crippen molar-refractivity contribution in [3.05, 3.63) is 23.8 Å². The van der Waals surface area contributed by atoms with E-state index in [2.05, 4.69) is 24.2 Å². The molecule has 0 aliphatic carbocycles. The van der Waals surface area contributed by atoms with Gasteiger partial charge in [0.05, 0.1) is 20.8 Å². The molecular formula is C15H22N2O2S. The fraction of sp³-hybridized carbons (Fsp3) is 0.533. The van der Waals surface area contributed by atoms with Gasteiger partial charge in [0.1, 0.15) is 11.5 Å². The van der Waals surface area contributed by atoms with Crippen LogP contribution in [-0.4, -0.2) is 31.2 Å². The van der Waals surface area contributed by atoms with Gasteiger partial charge in [-0.3, -0.25) is 4.99 Å². The minimum Gasteiger partial charge on any atom is -0.497 e. The lowest BCUT2D eigenvalue weighted by atomic mass is 10.1. The number of benzene rings is 1. The molecule has 1 atom stereocenters. The number of thioether (sulfide) groups is 1. The summed E-state index contributed by atoms with van der Waals surface area (Å²) in [6, 6.07) is 5.86. The third kappa shape index (κ3) is 3.60. The largest absolute Gasteiger partial charge is 0.497 e. The Morgan fingerprint density at radius 1 is 1.35 bits per heavy atom. The second-order valence-electron chi connectivity index (χ2n) is 5.08. The molecule has 110 valence electrons. The molecule has 1 N–H and O–H groups in total. The molecule has 20 heavy (non-hydrogen) atoms. The van der Waals surface area contributed by atoms with E-state index in [0.717, 1.165) is 28.8 Å². The summed E-state index contributed by atoms with van der Waals surface area (Å²) in [6.07, 6.45) is 0. The van der Waals surface area contributed by atoms with E-state index < -0.39 is 0 Å². The molecule has 0 spiro atoms. The first-order valence-electron chi connectivity index (χ1n) is 6.80. The molecule has 1 unspecified atom stereocenters. The zero-order valence-electron chi connectivity index (χ0n) is 12.5. The van der Waals surface area contributed by atoms with Crippen LogP contribution in [0.25, 0.3) is 0 Å². The second-order valence-corrected chi connectivity index (χ2v) is 6.31. The molecule has 0 fully saturated rings. The fourth-order valence-electron chi connectivity index (χ4n) is 2.00. The molecule has 1 aromatic carbocycles. The Kier molecular flexibility index (Phi) is 5.17. The number of aliphatic imine (C=N–C) groups is 1. The molecular weight excluding hydrogens is 272 g/mol. The summed E-state index contributed by atoms with van der Waals surface area (Å²) in [5.41, 5.74) is 1.10. The first kappa shape index (κ1) is 15.0. The van der Waals surface area contributed by atoms with Gasteiger partial charge in [-0.2, -0.15) is 0 Å². The lowest BCUT2D eigenvalue weighted by molar-refractivity contribution is 0.390. The van der Waals surface area contributed by atoms with Gasteiger partial charge in [0.15, 0.2) is 5.17 Å². The Labute approximate surface area is 125 Å². The summed E-state index contributed by atoms with van der Waals surface area (Å²) in [7, 11) is 3.33. The van der Waals surface area contributed by atoms with E-state index in [1.54, 1.807) is 14.2 Å². The Morgan fingerprint density at radius 3 is 2.75 bits per heavy atom. The van der Waals surface area contributed by atoms with Crippen molar-refractivity contribution >= 4 is 16.9 Å². The number of amidine groups is 1. The van der Waals surface area contributed by atoms with Crippen molar-refractivity contribution in [1.82, 2.24) is 5.32 Å². The smallest absolute Gasteiger partial charge is 0.157 e. The third-order valence-electron chi connectivity index (χ3n) is 3.35. The average Bonchev–Trinajstić information content (AvgIpc) is 2.94. The number of nitrogens with one attached hydrogen (secondary N) is 1. The molecule has 1 heterocycles. The molecule has 0 amide bonds. The predicted molar refractivity (Wildman–Crippen MR) is 84.9 cm³/mol. The van der Waals surface area contributed by atoms with E-state index >= 15 is 0 Å². The summed E-state index contributed by atoms with van der Waals surface area (Å²) < 4.78 is 10.6.